The summed E-state index contributed by atoms with van der Waals surface area (Å²) in [6, 6.07) is 8.07. The van der Waals surface area contributed by atoms with Gasteiger partial charge in [0.1, 0.15) is 5.75 Å². The first-order valence-electron chi connectivity index (χ1n) is 9.06. The number of nitrogens with zero attached hydrogens (tertiary/aromatic N) is 3. The molecule has 0 saturated carbocycles. The minimum atomic E-state index is -3.70. The van der Waals surface area contributed by atoms with Crippen molar-refractivity contribution in [3.63, 3.8) is 0 Å². The summed E-state index contributed by atoms with van der Waals surface area (Å²) in [5, 5.41) is 9.02. The van der Waals surface area contributed by atoms with E-state index in [4.69, 9.17) is 5.11 Å². The molecule has 2 aliphatic rings. The van der Waals surface area contributed by atoms with E-state index >= 15 is 0 Å². The van der Waals surface area contributed by atoms with Gasteiger partial charge in [0.15, 0.2) is 0 Å². The third kappa shape index (κ3) is 4.59. The SMILES string of the molecule is Cc1cccc(N2CCN(S(=O)(=O)CC(=O)N3CC[C@@H](C(=O)O)C3)CC2)c1. The van der Waals surface area contributed by atoms with Gasteiger partial charge in [-0.05, 0) is 31.0 Å². The van der Waals surface area contributed by atoms with Crippen LogP contribution in [0.15, 0.2) is 24.3 Å². The van der Waals surface area contributed by atoms with Crippen LogP contribution in [0.1, 0.15) is 12.0 Å². The average Bonchev–Trinajstić information content (AvgIpc) is 3.12. The van der Waals surface area contributed by atoms with Gasteiger partial charge in [0.2, 0.25) is 15.9 Å². The van der Waals surface area contributed by atoms with Gasteiger partial charge in [-0.3, -0.25) is 9.59 Å². The summed E-state index contributed by atoms with van der Waals surface area (Å²) in [6.07, 6.45) is 0.371. The highest BCUT2D eigenvalue weighted by Gasteiger charge is 2.35. The molecule has 0 aromatic heterocycles. The van der Waals surface area contributed by atoms with Crippen LogP contribution in [-0.4, -0.2) is 79.6 Å². The van der Waals surface area contributed by atoms with Crippen molar-refractivity contribution in [3.8, 4) is 0 Å². The zero-order valence-electron chi connectivity index (χ0n) is 15.4. The zero-order valence-corrected chi connectivity index (χ0v) is 16.2. The van der Waals surface area contributed by atoms with E-state index in [0.29, 0.717) is 39.1 Å². The average molecular weight is 395 g/mol. The lowest BCUT2D eigenvalue weighted by molar-refractivity contribution is -0.141. The molecule has 2 fully saturated rings. The van der Waals surface area contributed by atoms with Crippen LogP contribution in [0.25, 0.3) is 0 Å². The van der Waals surface area contributed by atoms with E-state index in [1.165, 1.54) is 9.21 Å². The number of carboxylic acids is 1. The maximum atomic E-state index is 12.6. The first-order chi connectivity index (χ1) is 12.8. The standard InChI is InChI=1S/C18H25N3O5S/c1-14-3-2-4-16(11-14)19-7-9-21(10-8-19)27(25,26)13-17(22)20-6-5-15(12-20)18(23)24/h2-4,11,15H,5-10,12-13H2,1H3,(H,23,24)/t15-/m1/s1. The molecule has 1 aromatic carbocycles. The van der Waals surface area contributed by atoms with E-state index in [-0.39, 0.29) is 6.54 Å². The molecule has 9 heteroatoms. The van der Waals surface area contributed by atoms with Crippen molar-refractivity contribution in [1.82, 2.24) is 9.21 Å². The van der Waals surface area contributed by atoms with Gasteiger partial charge in [-0.2, -0.15) is 4.31 Å². The number of benzene rings is 1. The molecule has 1 N–H and O–H groups in total. The Morgan fingerprint density at radius 3 is 2.44 bits per heavy atom. The third-order valence-electron chi connectivity index (χ3n) is 5.19. The molecule has 2 heterocycles. The van der Waals surface area contributed by atoms with E-state index in [2.05, 4.69) is 11.0 Å². The molecule has 2 saturated heterocycles. The summed E-state index contributed by atoms with van der Waals surface area (Å²) in [5.74, 6) is -2.65. The first kappa shape index (κ1) is 19.6. The summed E-state index contributed by atoms with van der Waals surface area (Å²) in [5.41, 5.74) is 2.22. The lowest BCUT2D eigenvalue weighted by Crippen LogP contribution is -2.50. The van der Waals surface area contributed by atoms with Crippen LogP contribution in [0, 0.1) is 12.8 Å². The van der Waals surface area contributed by atoms with E-state index < -0.39 is 33.6 Å². The first-order valence-corrected chi connectivity index (χ1v) is 10.7. The second-order valence-electron chi connectivity index (χ2n) is 7.14. The molecular formula is C18H25N3O5S. The zero-order chi connectivity index (χ0) is 19.6. The van der Waals surface area contributed by atoms with Crippen molar-refractivity contribution in [1.29, 1.82) is 0 Å². The lowest BCUT2D eigenvalue weighted by atomic mass is 10.1. The minimum Gasteiger partial charge on any atom is -0.481 e. The Bertz CT molecular complexity index is 818. The summed E-state index contributed by atoms with van der Waals surface area (Å²) in [6.45, 7) is 4.21. The highest BCUT2D eigenvalue weighted by molar-refractivity contribution is 7.89. The number of piperazine rings is 1. The Balaban J connectivity index is 1.55. The topological polar surface area (TPSA) is 98.2 Å². The normalized spacial score (nSPS) is 21.4. The number of amides is 1. The van der Waals surface area contributed by atoms with Gasteiger partial charge in [0, 0.05) is 45.0 Å². The molecule has 2 aliphatic heterocycles. The monoisotopic (exact) mass is 395 g/mol. The fourth-order valence-corrected chi connectivity index (χ4v) is 4.97. The van der Waals surface area contributed by atoms with Gasteiger partial charge >= 0.3 is 5.97 Å². The van der Waals surface area contributed by atoms with Gasteiger partial charge in [-0.1, -0.05) is 12.1 Å². The van der Waals surface area contributed by atoms with Crippen molar-refractivity contribution in [2.75, 3.05) is 49.9 Å². The largest absolute Gasteiger partial charge is 0.481 e. The number of hydrogen-bond acceptors (Lipinski definition) is 5. The molecule has 1 atom stereocenters. The summed E-state index contributed by atoms with van der Waals surface area (Å²) in [7, 11) is -3.70. The molecule has 1 amide bonds. The summed E-state index contributed by atoms with van der Waals surface area (Å²) in [4.78, 5) is 26.8. The number of hydrogen-bond donors (Lipinski definition) is 1. The number of rotatable bonds is 5. The number of aliphatic carboxylic acids is 1. The van der Waals surface area contributed by atoms with E-state index in [0.717, 1.165) is 11.3 Å². The molecule has 8 nitrogen and oxygen atoms in total. The predicted octanol–water partition coefficient (Wildman–Crippen LogP) is 0.380. The van der Waals surface area contributed by atoms with Crippen LogP contribution in [0.5, 0.6) is 0 Å². The summed E-state index contributed by atoms with van der Waals surface area (Å²) < 4.78 is 26.6. The molecule has 148 valence electrons. The Morgan fingerprint density at radius 2 is 1.85 bits per heavy atom. The second-order valence-corrected chi connectivity index (χ2v) is 9.11. The van der Waals surface area contributed by atoms with Gasteiger partial charge in [-0.25, -0.2) is 8.42 Å². The van der Waals surface area contributed by atoms with Crippen LogP contribution in [0.4, 0.5) is 5.69 Å². The minimum absolute atomic E-state index is 0.0881. The second kappa shape index (κ2) is 7.85. The smallest absolute Gasteiger partial charge is 0.308 e. The molecule has 0 bridgehead atoms. The predicted molar refractivity (Wildman–Crippen MR) is 101 cm³/mol. The maximum absolute atomic E-state index is 12.6. The number of carboxylic acid groups (broad SMARTS) is 1. The number of likely N-dealkylation sites (tertiary alicyclic amines) is 1. The summed E-state index contributed by atoms with van der Waals surface area (Å²) >= 11 is 0. The van der Waals surface area contributed by atoms with Crippen LogP contribution in [0.2, 0.25) is 0 Å². The van der Waals surface area contributed by atoms with Crippen molar-refractivity contribution in [2.24, 2.45) is 5.92 Å². The Labute approximate surface area is 159 Å². The number of aryl methyl sites for hydroxylation is 1. The highest BCUT2D eigenvalue weighted by Crippen LogP contribution is 2.20. The van der Waals surface area contributed by atoms with Gasteiger partial charge in [0.05, 0.1) is 5.92 Å². The van der Waals surface area contributed by atoms with Gasteiger partial charge < -0.3 is 14.9 Å². The highest BCUT2D eigenvalue weighted by atomic mass is 32.2. The molecule has 1 aromatic rings. The molecule has 0 aliphatic carbocycles. The van der Waals surface area contributed by atoms with Crippen LogP contribution < -0.4 is 4.90 Å². The fourth-order valence-electron chi connectivity index (χ4n) is 3.58. The van der Waals surface area contributed by atoms with Crippen molar-refractivity contribution >= 4 is 27.6 Å². The number of anilines is 1. The number of sulfonamides is 1. The number of carbonyl (C=O) groups excluding carboxylic acids is 1. The molecule has 27 heavy (non-hydrogen) atoms. The van der Waals surface area contributed by atoms with Crippen molar-refractivity contribution in [3.05, 3.63) is 29.8 Å². The van der Waals surface area contributed by atoms with E-state index in [1.807, 2.05) is 25.1 Å². The Hall–Kier alpha value is -2.13. The van der Waals surface area contributed by atoms with Crippen molar-refractivity contribution in [2.45, 2.75) is 13.3 Å². The van der Waals surface area contributed by atoms with E-state index in [1.54, 1.807) is 0 Å². The van der Waals surface area contributed by atoms with Crippen LogP contribution in [-0.2, 0) is 19.6 Å². The van der Waals surface area contributed by atoms with Gasteiger partial charge in [0.25, 0.3) is 0 Å². The molecule has 0 unspecified atom stereocenters. The molecule has 3 rings (SSSR count). The van der Waals surface area contributed by atoms with Crippen molar-refractivity contribution < 1.29 is 23.1 Å². The van der Waals surface area contributed by atoms with E-state index in [9.17, 15) is 18.0 Å². The van der Waals surface area contributed by atoms with Crippen LogP contribution in [0.3, 0.4) is 0 Å². The molecular weight excluding hydrogens is 370 g/mol. The quantitative estimate of drug-likeness (QED) is 0.774. The fraction of sp³-hybridized carbons (Fsp3) is 0.556. The Kier molecular flexibility index (Phi) is 5.71. The molecule has 0 spiro atoms. The maximum Gasteiger partial charge on any atom is 0.308 e. The van der Waals surface area contributed by atoms with Gasteiger partial charge in [-0.15, -0.1) is 0 Å². The van der Waals surface area contributed by atoms with Crippen LogP contribution >= 0.6 is 0 Å². The lowest BCUT2D eigenvalue weighted by Gasteiger charge is -2.35. The Morgan fingerprint density at radius 1 is 1.15 bits per heavy atom. The number of carbonyl (C=O) groups is 2. The molecule has 0 radical (unpaired) electrons. The third-order valence-corrected chi connectivity index (χ3v) is 6.96.